The van der Waals surface area contributed by atoms with E-state index in [1.807, 2.05) is 23.0 Å². The number of rotatable bonds is 6. The van der Waals surface area contributed by atoms with Crippen LogP contribution < -0.4 is 4.90 Å². The van der Waals surface area contributed by atoms with E-state index in [1.165, 1.54) is 0 Å². The molecule has 0 aliphatic rings. The van der Waals surface area contributed by atoms with Crippen molar-refractivity contribution in [1.82, 2.24) is 9.38 Å². The summed E-state index contributed by atoms with van der Waals surface area (Å²) >= 11 is 1.54. The first-order valence-electron chi connectivity index (χ1n) is 6.99. The Labute approximate surface area is 128 Å². The Hall–Kier alpha value is -1.82. The Balaban J connectivity index is 2.40. The lowest BCUT2D eigenvalue weighted by atomic mass is 10.0. The highest BCUT2D eigenvalue weighted by Crippen LogP contribution is 2.27. The third-order valence-electron chi connectivity index (χ3n) is 3.47. The summed E-state index contributed by atoms with van der Waals surface area (Å²) in [6, 6.07) is 0.339. The lowest BCUT2D eigenvalue weighted by molar-refractivity contribution is -0.131. The van der Waals surface area contributed by atoms with Crippen molar-refractivity contribution >= 4 is 34.2 Å². The van der Waals surface area contributed by atoms with Gasteiger partial charge in [-0.1, -0.05) is 13.8 Å². The molecule has 2 rings (SSSR count). The molecule has 21 heavy (non-hydrogen) atoms. The van der Waals surface area contributed by atoms with Gasteiger partial charge in [-0.3, -0.25) is 4.40 Å². The summed E-state index contributed by atoms with van der Waals surface area (Å²) in [5.74, 6) is 0.473. The molecule has 0 aliphatic heterocycles. The third-order valence-corrected chi connectivity index (χ3v) is 4.23. The monoisotopic (exact) mass is 307 g/mol. The minimum absolute atomic E-state index is 0.339. The largest absolute Gasteiger partial charge is 0.478 e. The van der Waals surface area contributed by atoms with Gasteiger partial charge in [0.15, 0.2) is 10.8 Å². The maximum atomic E-state index is 10.8. The van der Waals surface area contributed by atoms with Crippen LogP contribution in [0.4, 0.5) is 5.82 Å². The van der Waals surface area contributed by atoms with Gasteiger partial charge in [-0.25, -0.2) is 9.78 Å². The maximum Gasteiger partial charge on any atom is 0.328 e. The van der Waals surface area contributed by atoms with Crippen LogP contribution in [0.15, 0.2) is 17.7 Å². The zero-order chi connectivity index (χ0) is 15.6. The van der Waals surface area contributed by atoms with Gasteiger partial charge in [0.25, 0.3) is 0 Å². The molecule has 114 valence electrons. The molecular formula is C15H21N3O2S. The predicted octanol–water partition coefficient (Wildman–Crippen LogP) is 3.36. The molecule has 2 aromatic rings. The van der Waals surface area contributed by atoms with Gasteiger partial charge in [0.2, 0.25) is 0 Å². The highest BCUT2D eigenvalue weighted by molar-refractivity contribution is 7.15. The van der Waals surface area contributed by atoms with E-state index in [-0.39, 0.29) is 0 Å². The van der Waals surface area contributed by atoms with Crippen LogP contribution in [-0.4, -0.2) is 33.6 Å². The molecule has 0 radical (unpaired) electrons. The zero-order valence-electron chi connectivity index (χ0n) is 12.8. The fourth-order valence-electron chi connectivity index (χ4n) is 2.41. The second kappa shape index (κ2) is 6.30. The fourth-order valence-corrected chi connectivity index (χ4v) is 3.12. The number of fused-ring (bicyclic) bond motifs is 1. The second-order valence-corrected chi connectivity index (χ2v) is 6.51. The van der Waals surface area contributed by atoms with Crippen molar-refractivity contribution in [3.63, 3.8) is 0 Å². The number of hydrogen-bond acceptors (Lipinski definition) is 4. The highest BCUT2D eigenvalue weighted by Gasteiger charge is 2.19. The van der Waals surface area contributed by atoms with Crippen LogP contribution in [0.2, 0.25) is 0 Å². The molecule has 1 N–H and O–H groups in total. The van der Waals surface area contributed by atoms with Crippen LogP contribution in [0.1, 0.15) is 32.9 Å². The molecule has 0 saturated heterocycles. The van der Waals surface area contributed by atoms with Crippen molar-refractivity contribution in [2.45, 2.75) is 33.2 Å². The number of aromatic nitrogens is 2. The first-order chi connectivity index (χ1) is 9.90. The molecule has 2 aromatic heterocycles. The third kappa shape index (κ3) is 3.44. The molecule has 1 unspecified atom stereocenters. The van der Waals surface area contributed by atoms with E-state index in [4.69, 9.17) is 5.11 Å². The topological polar surface area (TPSA) is 57.8 Å². The quantitative estimate of drug-likeness (QED) is 0.831. The summed E-state index contributed by atoms with van der Waals surface area (Å²) in [6.45, 7) is 6.56. The van der Waals surface area contributed by atoms with Gasteiger partial charge in [0.05, 0.1) is 5.69 Å². The standard InChI is InChI=1S/C15H21N3O2S/c1-10(2)9-11(3)17(4)14-12(5-6-13(19)20)18-7-8-21-15(18)16-14/h5-8,10-11H,9H2,1-4H3,(H,19,20). The summed E-state index contributed by atoms with van der Waals surface area (Å²) in [4.78, 5) is 18.4. The number of anilines is 1. The van der Waals surface area contributed by atoms with Crippen molar-refractivity contribution < 1.29 is 9.90 Å². The van der Waals surface area contributed by atoms with Gasteiger partial charge in [-0.15, -0.1) is 11.3 Å². The van der Waals surface area contributed by atoms with Crippen molar-refractivity contribution in [1.29, 1.82) is 0 Å². The number of nitrogens with zero attached hydrogens (tertiary/aromatic N) is 3. The molecule has 0 aromatic carbocycles. The van der Waals surface area contributed by atoms with Crippen LogP contribution in [0, 0.1) is 5.92 Å². The smallest absolute Gasteiger partial charge is 0.328 e. The van der Waals surface area contributed by atoms with E-state index in [0.717, 1.165) is 29.0 Å². The number of aliphatic carboxylic acids is 1. The van der Waals surface area contributed by atoms with E-state index < -0.39 is 5.97 Å². The lowest BCUT2D eigenvalue weighted by Gasteiger charge is -2.27. The highest BCUT2D eigenvalue weighted by atomic mass is 32.1. The van der Waals surface area contributed by atoms with E-state index in [2.05, 4.69) is 30.7 Å². The minimum Gasteiger partial charge on any atom is -0.478 e. The normalized spacial score (nSPS) is 13.4. The zero-order valence-corrected chi connectivity index (χ0v) is 13.6. The Morgan fingerprint density at radius 3 is 2.86 bits per heavy atom. The van der Waals surface area contributed by atoms with Gasteiger partial charge in [0.1, 0.15) is 0 Å². The Morgan fingerprint density at radius 2 is 2.24 bits per heavy atom. The van der Waals surface area contributed by atoms with Gasteiger partial charge in [0, 0.05) is 30.7 Å². The number of thiazole rings is 1. The van der Waals surface area contributed by atoms with E-state index in [1.54, 1.807) is 17.4 Å². The molecule has 0 saturated carbocycles. The molecule has 0 spiro atoms. The summed E-state index contributed by atoms with van der Waals surface area (Å²) in [5, 5.41) is 10.8. The lowest BCUT2D eigenvalue weighted by Crippen LogP contribution is -2.30. The molecular weight excluding hydrogens is 286 g/mol. The maximum absolute atomic E-state index is 10.8. The second-order valence-electron chi connectivity index (χ2n) is 5.64. The summed E-state index contributed by atoms with van der Waals surface area (Å²) in [5.41, 5.74) is 0.812. The number of hydrogen-bond donors (Lipinski definition) is 1. The van der Waals surface area contributed by atoms with Crippen molar-refractivity contribution in [3.8, 4) is 0 Å². The number of carboxylic acid groups (broad SMARTS) is 1. The molecule has 0 fully saturated rings. The van der Waals surface area contributed by atoms with Crippen LogP contribution in [0.3, 0.4) is 0 Å². The molecule has 5 nitrogen and oxygen atoms in total. The average Bonchev–Trinajstić information content (AvgIpc) is 2.94. The van der Waals surface area contributed by atoms with Gasteiger partial charge in [-0.2, -0.15) is 0 Å². The molecule has 2 heterocycles. The van der Waals surface area contributed by atoms with E-state index >= 15 is 0 Å². The number of carbonyl (C=O) groups is 1. The van der Waals surface area contributed by atoms with Crippen molar-refractivity contribution in [2.24, 2.45) is 5.92 Å². The van der Waals surface area contributed by atoms with Crippen LogP contribution in [0.5, 0.6) is 0 Å². The SMILES string of the molecule is CC(C)CC(C)N(C)c1nc2sccn2c1C=CC(=O)O. The molecule has 0 aliphatic carbocycles. The molecule has 1 atom stereocenters. The van der Waals surface area contributed by atoms with E-state index in [0.29, 0.717) is 12.0 Å². The molecule has 0 bridgehead atoms. The predicted molar refractivity (Wildman–Crippen MR) is 87.1 cm³/mol. The number of carboxylic acids is 1. The first-order valence-corrected chi connectivity index (χ1v) is 7.87. The van der Waals surface area contributed by atoms with Crippen LogP contribution in [-0.2, 0) is 4.79 Å². The Morgan fingerprint density at radius 1 is 1.52 bits per heavy atom. The van der Waals surface area contributed by atoms with Gasteiger partial charge < -0.3 is 10.0 Å². The summed E-state index contributed by atoms with van der Waals surface area (Å²) < 4.78 is 1.93. The van der Waals surface area contributed by atoms with Gasteiger partial charge >= 0.3 is 5.97 Å². The van der Waals surface area contributed by atoms with Crippen molar-refractivity contribution in [3.05, 3.63) is 23.3 Å². The average molecular weight is 307 g/mol. The summed E-state index contributed by atoms with van der Waals surface area (Å²) in [6.07, 6.45) is 5.75. The summed E-state index contributed by atoms with van der Waals surface area (Å²) in [7, 11) is 2.01. The van der Waals surface area contributed by atoms with Crippen LogP contribution in [0.25, 0.3) is 11.0 Å². The Kier molecular flexibility index (Phi) is 4.67. The van der Waals surface area contributed by atoms with Crippen LogP contribution >= 0.6 is 11.3 Å². The molecule has 6 heteroatoms. The first kappa shape index (κ1) is 15.6. The van der Waals surface area contributed by atoms with Gasteiger partial charge in [-0.05, 0) is 25.3 Å². The minimum atomic E-state index is -0.955. The number of imidazole rings is 1. The molecule has 0 amide bonds. The van der Waals surface area contributed by atoms with Crippen molar-refractivity contribution in [2.75, 3.05) is 11.9 Å². The Bertz CT molecular complexity index is 657. The fraction of sp³-hybridized carbons (Fsp3) is 0.467. The van der Waals surface area contributed by atoms with E-state index in [9.17, 15) is 4.79 Å².